The summed E-state index contributed by atoms with van der Waals surface area (Å²) in [4.78, 5) is 14.1. The van der Waals surface area contributed by atoms with Gasteiger partial charge in [-0.25, -0.2) is 15.0 Å². The van der Waals surface area contributed by atoms with Gasteiger partial charge in [0.25, 0.3) is 0 Å². The molecule has 0 saturated heterocycles. The van der Waals surface area contributed by atoms with Crippen molar-refractivity contribution >= 4 is 0 Å². The van der Waals surface area contributed by atoms with Gasteiger partial charge in [-0.2, -0.15) is 0 Å². The summed E-state index contributed by atoms with van der Waals surface area (Å²) < 4.78 is 0. The second-order valence-corrected chi connectivity index (χ2v) is 9.80. The van der Waals surface area contributed by atoms with Gasteiger partial charge < -0.3 is 0 Å². The van der Waals surface area contributed by atoms with E-state index in [1.807, 2.05) is 0 Å². The number of hydrogen-bond donors (Lipinski definition) is 0. The molecule has 0 N–H and O–H groups in total. The molecule has 3 nitrogen and oxygen atoms in total. The molecule has 120 valence electrons. The lowest BCUT2D eigenvalue weighted by atomic mass is 9.90. The van der Waals surface area contributed by atoms with Crippen molar-refractivity contribution in [3.8, 4) is 0 Å². The highest BCUT2D eigenvalue weighted by atomic mass is 15.0. The monoisotopic (exact) mass is 291 g/mol. The predicted octanol–water partition coefficient (Wildman–Crippen LogP) is 4.64. The molecule has 3 heteroatoms. The second-order valence-electron chi connectivity index (χ2n) is 9.80. The molecule has 21 heavy (non-hydrogen) atoms. The van der Waals surface area contributed by atoms with Gasteiger partial charge in [0, 0.05) is 19.3 Å². The van der Waals surface area contributed by atoms with E-state index in [0.29, 0.717) is 0 Å². The fraction of sp³-hybridized carbons (Fsp3) is 0.833. The Morgan fingerprint density at radius 3 is 0.810 bits per heavy atom. The third-order valence-corrected chi connectivity index (χ3v) is 2.84. The van der Waals surface area contributed by atoms with Crippen molar-refractivity contribution in [3.63, 3.8) is 0 Å². The lowest BCUT2D eigenvalue weighted by Gasteiger charge is -2.22. The van der Waals surface area contributed by atoms with Crippen LogP contribution < -0.4 is 0 Å². The second kappa shape index (κ2) is 6.02. The minimum Gasteiger partial charge on any atom is -0.218 e. The first-order valence-electron chi connectivity index (χ1n) is 7.96. The maximum Gasteiger partial charge on any atom is 0.133 e. The highest BCUT2D eigenvalue weighted by Crippen LogP contribution is 2.23. The largest absolute Gasteiger partial charge is 0.218 e. The minimum atomic E-state index is 0.194. The zero-order valence-electron chi connectivity index (χ0n) is 15.5. The average Bonchev–Trinajstić information content (AvgIpc) is 2.06. The van der Waals surface area contributed by atoms with Crippen LogP contribution in [0.1, 0.15) is 79.8 Å². The first kappa shape index (κ1) is 18.1. The molecule has 0 aliphatic heterocycles. The molecule has 0 amide bonds. The van der Waals surface area contributed by atoms with Gasteiger partial charge in [-0.15, -0.1) is 0 Å². The number of nitrogens with zero attached hydrogens (tertiary/aromatic N) is 3. The molecule has 0 spiro atoms. The molecule has 0 atom stereocenters. The van der Waals surface area contributed by atoms with E-state index in [2.05, 4.69) is 62.3 Å². The van der Waals surface area contributed by atoms with Gasteiger partial charge in [0.05, 0.1) is 0 Å². The van der Waals surface area contributed by atoms with Crippen LogP contribution in [0, 0.1) is 16.2 Å². The Hall–Kier alpha value is -0.990. The van der Waals surface area contributed by atoms with Gasteiger partial charge in [0.1, 0.15) is 17.5 Å². The molecule has 1 aromatic rings. The maximum absolute atomic E-state index is 4.71. The van der Waals surface area contributed by atoms with Gasteiger partial charge in [0.2, 0.25) is 0 Å². The van der Waals surface area contributed by atoms with Crippen molar-refractivity contribution in [2.45, 2.75) is 81.6 Å². The summed E-state index contributed by atoms with van der Waals surface area (Å²) in [6, 6.07) is 0. The Morgan fingerprint density at radius 1 is 0.476 bits per heavy atom. The Balaban J connectivity index is 3.13. The lowest BCUT2D eigenvalue weighted by Crippen LogP contribution is -2.20. The van der Waals surface area contributed by atoms with E-state index >= 15 is 0 Å². The van der Waals surface area contributed by atoms with E-state index in [9.17, 15) is 0 Å². The number of aromatic nitrogens is 3. The minimum absolute atomic E-state index is 0.194. The lowest BCUT2D eigenvalue weighted by molar-refractivity contribution is 0.373. The van der Waals surface area contributed by atoms with Crippen LogP contribution in [0.3, 0.4) is 0 Å². The van der Waals surface area contributed by atoms with Gasteiger partial charge in [0.15, 0.2) is 0 Å². The van der Waals surface area contributed by atoms with Gasteiger partial charge in [-0.1, -0.05) is 62.3 Å². The quantitative estimate of drug-likeness (QED) is 0.814. The van der Waals surface area contributed by atoms with Crippen LogP contribution in [0.15, 0.2) is 0 Å². The summed E-state index contributed by atoms with van der Waals surface area (Å²) >= 11 is 0. The smallest absolute Gasteiger partial charge is 0.133 e. The Labute approximate surface area is 131 Å². The van der Waals surface area contributed by atoms with Crippen LogP contribution in [-0.4, -0.2) is 15.0 Å². The van der Waals surface area contributed by atoms with Crippen molar-refractivity contribution in [2.24, 2.45) is 16.2 Å². The first-order chi connectivity index (χ1) is 9.23. The van der Waals surface area contributed by atoms with Gasteiger partial charge in [-0.05, 0) is 16.2 Å². The summed E-state index contributed by atoms with van der Waals surface area (Å²) in [5.41, 5.74) is 0.581. The highest BCUT2D eigenvalue weighted by molar-refractivity contribution is 5.02. The van der Waals surface area contributed by atoms with E-state index in [0.717, 1.165) is 36.7 Å². The molecule has 0 bridgehead atoms. The molecule has 0 radical (unpaired) electrons. The maximum atomic E-state index is 4.71. The number of rotatable bonds is 3. The normalized spacial score (nSPS) is 13.6. The summed E-state index contributed by atoms with van der Waals surface area (Å²) in [6.07, 6.45) is 2.68. The van der Waals surface area contributed by atoms with Crippen LogP contribution in [0.2, 0.25) is 0 Å². The number of hydrogen-bond acceptors (Lipinski definition) is 3. The summed E-state index contributed by atoms with van der Waals surface area (Å²) in [7, 11) is 0. The van der Waals surface area contributed by atoms with Crippen molar-refractivity contribution in [3.05, 3.63) is 17.5 Å². The average molecular weight is 291 g/mol. The van der Waals surface area contributed by atoms with Gasteiger partial charge >= 0.3 is 0 Å². The topological polar surface area (TPSA) is 38.7 Å². The van der Waals surface area contributed by atoms with Gasteiger partial charge in [-0.3, -0.25) is 0 Å². The van der Waals surface area contributed by atoms with Crippen molar-refractivity contribution < 1.29 is 0 Å². The highest BCUT2D eigenvalue weighted by Gasteiger charge is 2.21. The summed E-state index contributed by atoms with van der Waals surface area (Å²) in [5.74, 6) is 2.82. The fourth-order valence-corrected chi connectivity index (χ4v) is 2.18. The SMILES string of the molecule is CC(C)(C)Cc1nc(CC(C)(C)C)nc(CC(C)(C)C)n1. The molecule has 1 rings (SSSR count). The van der Waals surface area contributed by atoms with Crippen LogP contribution in [0.5, 0.6) is 0 Å². The molecule has 0 saturated carbocycles. The van der Waals surface area contributed by atoms with Crippen molar-refractivity contribution in [1.29, 1.82) is 0 Å². The Bertz CT molecular complexity index is 387. The molecule has 0 aliphatic rings. The van der Waals surface area contributed by atoms with Crippen molar-refractivity contribution in [1.82, 2.24) is 15.0 Å². The summed E-state index contributed by atoms with van der Waals surface area (Å²) in [5, 5.41) is 0. The standard InChI is InChI=1S/C18H33N3/c1-16(2,3)10-13-19-14(11-17(4,5)6)21-15(20-13)12-18(7,8)9/h10-12H2,1-9H3. The first-order valence-corrected chi connectivity index (χ1v) is 7.96. The van der Waals surface area contributed by atoms with Crippen LogP contribution in [-0.2, 0) is 19.3 Å². The predicted molar refractivity (Wildman–Crippen MR) is 89.3 cm³/mol. The Morgan fingerprint density at radius 2 is 0.667 bits per heavy atom. The molecular formula is C18H33N3. The fourth-order valence-electron chi connectivity index (χ4n) is 2.18. The molecule has 0 aromatic carbocycles. The van der Waals surface area contributed by atoms with E-state index in [1.54, 1.807) is 0 Å². The zero-order chi connectivity index (χ0) is 16.5. The molecule has 1 heterocycles. The van der Waals surface area contributed by atoms with Crippen LogP contribution in [0.4, 0.5) is 0 Å². The third kappa shape index (κ3) is 8.13. The molecule has 0 fully saturated rings. The van der Waals surface area contributed by atoms with Crippen molar-refractivity contribution in [2.75, 3.05) is 0 Å². The molecule has 0 unspecified atom stereocenters. The molecule has 0 aliphatic carbocycles. The molecule has 1 aromatic heterocycles. The van der Waals surface area contributed by atoms with E-state index in [1.165, 1.54) is 0 Å². The van der Waals surface area contributed by atoms with Crippen LogP contribution >= 0.6 is 0 Å². The van der Waals surface area contributed by atoms with E-state index in [4.69, 9.17) is 15.0 Å². The third-order valence-electron chi connectivity index (χ3n) is 2.84. The van der Waals surface area contributed by atoms with E-state index < -0.39 is 0 Å². The summed E-state index contributed by atoms with van der Waals surface area (Å²) in [6.45, 7) is 20.0. The zero-order valence-corrected chi connectivity index (χ0v) is 15.5. The Kier molecular flexibility index (Phi) is 5.18. The molecular weight excluding hydrogens is 258 g/mol. The van der Waals surface area contributed by atoms with E-state index in [-0.39, 0.29) is 16.2 Å². The van der Waals surface area contributed by atoms with Crippen LogP contribution in [0.25, 0.3) is 0 Å².